The standard InChI is InChI=1S/C30H53N9O6/c31-23(10-9-17-38-30(33)34)28(44)36-15-8-4-6-14-35-13-5-2-1-3-7-16-37-29(45)24(20-26(32)42)39-27(43)18-21-11-12-22(40)19-25(21)41/h11-12,19,23-24,35,40-41H,1-10,13-18,20,31H2,(H2,32,42)(H,36,44)(H,37,45)(H,39,43)(H4,33,34,38)/t23-,24-/m0/s1. The molecule has 15 heteroatoms. The zero-order valence-corrected chi connectivity index (χ0v) is 26.2. The number of hydrogen-bond donors (Lipinski definition) is 10. The minimum atomic E-state index is -1.11. The first-order chi connectivity index (χ1) is 21.5. The number of primary amides is 1. The third kappa shape index (κ3) is 19.7. The molecule has 254 valence electrons. The van der Waals surface area contributed by atoms with E-state index in [0.717, 1.165) is 70.5 Å². The zero-order valence-electron chi connectivity index (χ0n) is 26.2. The highest BCUT2D eigenvalue weighted by atomic mass is 16.3. The lowest BCUT2D eigenvalue weighted by atomic mass is 10.1. The number of hydrogen-bond acceptors (Lipinski definition) is 9. The maximum Gasteiger partial charge on any atom is 0.243 e. The molecule has 1 aromatic carbocycles. The number of rotatable bonds is 25. The van der Waals surface area contributed by atoms with Crippen molar-refractivity contribution in [2.45, 2.75) is 89.1 Å². The highest BCUT2D eigenvalue weighted by Gasteiger charge is 2.23. The van der Waals surface area contributed by atoms with Crippen molar-refractivity contribution in [3.63, 3.8) is 0 Å². The van der Waals surface area contributed by atoms with Crippen molar-refractivity contribution >= 4 is 29.6 Å². The number of carbonyl (C=O) groups is 4. The molecule has 0 aromatic heterocycles. The van der Waals surface area contributed by atoms with Gasteiger partial charge in [0, 0.05) is 31.3 Å². The van der Waals surface area contributed by atoms with Gasteiger partial charge >= 0.3 is 0 Å². The Labute approximate surface area is 265 Å². The zero-order chi connectivity index (χ0) is 33.5. The molecule has 0 aliphatic heterocycles. The van der Waals surface area contributed by atoms with Crippen LogP contribution in [0.2, 0.25) is 0 Å². The van der Waals surface area contributed by atoms with E-state index in [9.17, 15) is 29.4 Å². The summed E-state index contributed by atoms with van der Waals surface area (Å²) >= 11 is 0. The number of benzene rings is 1. The lowest BCUT2D eigenvalue weighted by Gasteiger charge is -2.17. The summed E-state index contributed by atoms with van der Waals surface area (Å²) in [7, 11) is 0. The van der Waals surface area contributed by atoms with Gasteiger partial charge in [-0.2, -0.15) is 0 Å². The van der Waals surface area contributed by atoms with E-state index in [-0.39, 0.29) is 41.8 Å². The van der Waals surface area contributed by atoms with Gasteiger partial charge in [-0.05, 0) is 57.7 Å². The number of carbonyl (C=O) groups excluding carboxylic acids is 4. The third-order valence-corrected chi connectivity index (χ3v) is 6.94. The Morgan fingerprint density at radius 1 is 0.778 bits per heavy atom. The molecule has 0 unspecified atom stereocenters. The average Bonchev–Trinajstić information content (AvgIpc) is 2.97. The minimum Gasteiger partial charge on any atom is -0.508 e. The maximum absolute atomic E-state index is 12.6. The van der Waals surface area contributed by atoms with Crippen molar-refractivity contribution in [2.24, 2.45) is 27.9 Å². The summed E-state index contributed by atoms with van der Waals surface area (Å²) in [6.45, 7) is 3.32. The number of nitrogens with two attached hydrogens (primary N) is 4. The minimum absolute atomic E-state index is 0.0350. The van der Waals surface area contributed by atoms with Crippen LogP contribution in [0, 0.1) is 0 Å². The van der Waals surface area contributed by atoms with E-state index in [4.69, 9.17) is 22.9 Å². The first-order valence-electron chi connectivity index (χ1n) is 15.6. The van der Waals surface area contributed by atoms with Crippen LogP contribution in [0.5, 0.6) is 11.5 Å². The van der Waals surface area contributed by atoms with Crippen molar-refractivity contribution in [2.75, 3.05) is 32.7 Å². The summed E-state index contributed by atoms with van der Waals surface area (Å²) in [5, 5.41) is 30.8. The highest BCUT2D eigenvalue weighted by Crippen LogP contribution is 2.22. The molecule has 2 atom stereocenters. The van der Waals surface area contributed by atoms with E-state index < -0.39 is 29.8 Å². The molecular weight excluding hydrogens is 582 g/mol. The molecule has 0 aliphatic carbocycles. The van der Waals surface area contributed by atoms with Crippen molar-refractivity contribution in [1.29, 1.82) is 0 Å². The van der Waals surface area contributed by atoms with Crippen LogP contribution in [-0.2, 0) is 25.6 Å². The summed E-state index contributed by atoms with van der Waals surface area (Å²) in [6, 6.07) is 2.18. The van der Waals surface area contributed by atoms with Gasteiger partial charge in [0.25, 0.3) is 0 Å². The fraction of sp³-hybridized carbons (Fsp3) is 0.633. The first-order valence-corrected chi connectivity index (χ1v) is 15.6. The smallest absolute Gasteiger partial charge is 0.243 e. The van der Waals surface area contributed by atoms with Crippen molar-refractivity contribution in [1.82, 2.24) is 21.3 Å². The maximum atomic E-state index is 12.6. The number of guanidine groups is 1. The van der Waals surface area contributed by atoms with Gasteiger partial charge in [0.2, 0.25) is 23.6 Å². The van der Waals surface area contributed by atoms with Crippen LogP contribution in [0.15, 0.2) is 23.2 Å². The highest BCUT2D eigenvalue weighted by molar-refractivity contribution is 5.92. The number of unbranched alkanes of at least 4 members (excludes halogenated alkanes) is 6. The SMILES string of the molecule is NC(=O)C[C@H](NC(=O)Cc1ccc(O)cc1O)C(=O)NCCCCCCCNCCCCCNC(=O)[C@@H](N)CCCN=C(N)N. The second-order valence-electron chi connectivity index (χ2n) is 11.0. The van der Waals surface area contributed by atoms with Crippen LogP contribution in [0.3, 0.4) is 0 Å². The molecule has 0 radical (unpaired) electrons. The van der Waals surface area contributed by atoms with Gasteiger partial charge in [0.15, 0.2) is 5.96 Å². The Balaban J connectivity index is 2.05. The van der Waals surface area contributed by atoms with Gasteiger partial charge in [-0.25, -0.2) is 0 Å². The van der Waals surface area contributed by atoms with Crippen molar-refractivity contribution in [3.8, 4) is 11.5 Å². The van der Waals surface area contributed by atoms with E-state index in [0.29, 0.717) is 32.5 Å². The normalized spacial score (nSPS) is 12.1. The number of amides is 4. The molecule has 0 spiro atoms. The molecule has 4 amide bonds. The predicted octanol–water partition coefficient (Wildman–Crippen LogP) is -0.676. The van der Waals surface area contributed by atoms with Gasteiger partial charge in [-0.15, -0.1) is 0 Å². The molecule has 1 aromatic rings. The largest absolute Gasteiger partial charge is 0.508 e. The van der Waals surface area contributed by atoms with E-state index >= 15 is 0 Å². The Kier molecular flexibility index (Phi) is 20.1. The summed E-state index contributed by atoms with van der Waals surface area (Å²) in [5.41, 5.74) is 21.9. The number of aromatic hydroxyl groups is 2. The lowest BCUT2D eigenvalue weighted by Crippen LogP contribution is -2.49. The Morgan fingerprint density at radius 2 is 1.36 bits per heavy atom. The van der Waals surface area contributed by atoms with E-state index in [1.54, 1.807) is 0 Å². The monoisotopic (exact) mass is 635 g/mol. The molecule has 15 nitrogen and oxygen atoms in total. The van der Waals surface area contributed by atoms with Gasteiger partial charge in [0.05, 0.1) is 18.9 Å². The van der Waals surface area contributed by atoms with Crippen molar-refractivity contribution in [3.05, 3.63) is 23.8 Å². The van der Waals surface area contributed by atoms with Gasteiger partial charge < -0.3 is 54.4 Å². The Bertz CT molecular complexity index is 1080. The molecule has 0 fully saturated rings. The molecular formula is C30H53N9O6. The van der Waals surface area contributed by atoms with Crippen LogP contribution in [0.4, 0.5) is 0 Å². The molecule has 0 saturated heterocycles. The second-order valence-corrected chi connectivity index (χ2v) is 11.0. The van der Waals surface area contributed by atoms with Crippen LogP contribution in [-0.4, -0.2) is 84.6 Å². The second kappa shape index (κ2) is 23.3. The van der Waals surface area contributed by atoms with E-state index in [1.165, 1.54) is 12.1 Å². The number of nitrogens with zero attached hydrogens (tertiary/aromatic N) is 1. The van der Waals surface area contributed by atoms with Crippen LogP contribution >= 0.6 is 0 Å². The van der Waals surface area contributed by atoms with E-state index in [1.807, 2.05) is 0 Å². The lowest BCUT2D eigenvalue weighted by molar-refractivity contribution is -0.131. The van der Waals surface area contributed by atoms with Crippen molar-refractivity contribution < 1.29 is 29.4 Å². The third-order valence-electron chi connectivity index (χ3n) is 6.94. The predicted molar refractivity (Wildman–Crippen MR) is 173 cm³/mol. The fourth-order valence-corrected chi connectivity index (χ4v) is 4.44. The summed E-state index contributed by atoms with van der Waals surface area (Å²) in [6.07, 6.45) is 8.34. The molecule has 45 heavy (non-hydrogen) atoms. The Hall–Kier alpha value is -4.11. The van der Waals surface area contributed by atoms with Gasteiger partial charge in [-0.1, -0.05) is 31.7 Å². The average molecular weight is 636 g/mol. The Morgan fingerprint density at radius 3 is 1.96 bits per heavy atom. The van der Waals surface area contributed by atoms with Crippen LogP contribution in [0.1, 0.15) is 76.2 Å². The molecule has 14 N–H and O–H groups in total. The summed E-state index contributed by atoms with van der Waals surface area (Å²) < 4.78 is 0. The number of nitrogens with one attached hydrogen (secondary N) is 4. The molecule has 0 aliphatic rings. The molecule has 0 heterocycles. The quantitative estimate of drug-likeness (QED) is 0.0367. The molecule has 1 rings (SSSR count). The fourth-order valence-electron chi connectivity index (χ4n) is 4.44. The van der Waals surface area contributed by atoms with Crippen LogP contribution < -0.4 is 44.2 Å². The van der Waals surface area contributed by atoms with Crippen LogP contribution in [0.25, 0.3) is 0 Å². The summed E-state index contributed by atoms with van der Waals surface area (Å²) in [4.78, 5) is 52.2. The number of phenolic OH excluding ortho intramolecular Hbond substituents is 2. The molecule has 0 saturated carbocycles. The van der Waals surface area contributed by atoms with Gasteiger partial charge in [-0.3, -0.25) is 24.2 Å². The topological polar surface area (TPSA) is 273 Å². The number of phenols is 2. The number of aliphatic imine (C=N–C) groups is 1. The van der Waals surface area contributed by atoms with Gasteiger partial charge in [0.1, 0.15) is 17.5 Å². The molecule has 0 bridgehead atoms. The first kappa shape index (κ1) is 38.9. The summed E-state index contributed by atoms with van der Waals surface area (Å²) in [5.74, 6) is -2.29. The van der Waals surface area contributed by atoms with E-state index in [2.05, 4.69) is 26.3 Å².